The molecule has 0 spiro atoms. The normalized spacial score (nSPS) is 16.8. The summed E-state index contributed by atoms with van der Waals surface area (Å²) in [5.41, 5.74) is 2.86. The van der Waals surface area contributed by atoms with Gasteiger partial charge in [-0.25, -0.2) is 18.2 Å². The molecule has 8 nitrogen and oxygen atoms in total. The minimum absolute atomic E-state index is 0.0658. The monoisotopic (exact) mass is 489 g/mol. The molecule has 2 heterocycles. The molecule has 0 aliphatic carbocycles. The van der Waals surface area contributed by atoms with Gasteiger partial charge < -0.3 is 14.8 Å². The molecule has 1 aliphatic heterocycles. The van der Waals surface area contributed by atoms with Gasteiger partial charge in [0, 0.05) is 25.8 Å². The Bertz CT molecular complexity index is 1140. The summed E-state index contributed by atoms with van der Waals surface area (Å²) in [6.07, 6.45) is 3.14. The number of carbonyl (C=O) groups is 1. The van der Waals surface area contributed by atoms with Crippen molar-refractivity contribution >= 4 is 21.6 Å². The maximum atomic E-state index is 12.7. The maximum Gasteiger partial charge on any atom is 0.413 e. The highest BCUT2D eigenvalue weighted by Gasteiger charge is 2.32. The molecule has 34 heavy (non-hydrogen) atoms. The van der Waals surface area contributed by atoms with Crippen LogP contribution in [0.5, 0.6) is 5.75 Å². The van der Waals surface area contributed by atoms with Crippen LogP contribution < -0.4 is 10.1 Å². The molecule has 1 fully saturated rings. The molecule has 1 unspecified atom stereocenters. The quantitative estimate of drug-likeness (QED) is 0.620. The number of ether oxygens (including phenoxy) is 2. The molecule has 0 saturated carbocycles. The lowest BCUT2D eigenvalue weighted by atomic mass is 10.1. The van der Waals surface area contributed by atoms with Crippen LogP contribution in [0.4, 0.5) is 10.5 Å². The molecule has 1 aromatic carbocycles. The number of nitrogens with zero attached hydrogens (tertiary/aromatic N) is 2. The first-order valence-electron chi connectivity index (χ1n) is 11.5. The minimum Gasteiger partial charge on any atom is -0.470 e. The number of hydrogen-bond acceptors (Lipinski definition) is 7. The van der Waals surface area contributed by atoms with Crippen molar-refractivity contribution in [3.63, 3.8) is 0 Å². The number of hydrogen-bond donors (Lipinski definition) is 1. The molecule has 0 radical (unpaired) electrons. The Kier molecular flexibility index (Phi) is 7.75. The second kappa shape index (κ2) is 10.2. The molecule has 0 bridgehead atoms. The number of likely N-dealkylation sites (tertiary alicyclic amines) is 1. The molecule has 1 N–H and O–H groups in total. The van der Waals surface area contributed by atoms with Gasteiger partial charge in [0.15, 0.2) is 21.1 Å². The van der Waals surface area contributed by atoms with Crippen LogP contribution in [-0.2, 0) is 21.1 Å². The molecule has 9 heteroatoms. The standard InChI is InChI=1S/C25H35N3O5S/c1-17-15-19(16-26-20-11-13-22(27-18(20)2)34(6,30)31)10-12-21(17)32-23-9-7-8-14-28(23)24(29)33-25(3,4)5/h10-13,15,23,26H,7-9,14,16H2,1-6H3. The first-order chi connectivity index (χ1) is 15.8. The summed E-state index contributed by atoms with van der Waals surface area (Å²) in [5, 5.41) is 3.38. The van der Waals surface area contributed by atoms with E-state index in [1.807, 2.05) is 45.9 Å². The number of benzene rings is 1. The van der Waals surface area contributed by atoms with E-state index in [2.05, 4.69) is 10.3 Å². The fraction of sp³-hybridized carbons (Fsp3) is 0.520. The van der Waals surface area contributed by atoms with Crippen LogP contribution in [0.3, 0.4) is 0 Å². The molecule has 2 aromatic rings. The Balaban J connectivity index is 1.66. The number of amides is 1. The van der Waals surface area contributed by atoms with Crippen LogP contribution in [0.25, 0.3) is 0 Å². The highest BCUT2D eigenvalue weighted by Crippen LogP contribution is 2.27. The number of anilines is 1. The van der Waals surface area contributed by atoms with Gasteiger partial charge in [-0.05, 0) is 76.8 Å². The lowest BCUT2D eigenvalue weighted by Crippen LogP contribution is -2.48. The fourth-order valence-corrected chi connectivity index (χ4v) is 4.40. The highest BCUT2D eigenvalue weighted by molar-refractivity contribution is 7.90. The average molecular weight is 490 g/mol. The SMILES string of the molecule is Cc1cc(CNc2ccc(S(C)(=O)=O)nc2C)ccc1OC1CCCCN1C(=O)OC(C)(C)C. The zero-order valence-electron chi connectivity index (χ0n) is 20.8. The van der Waals surface area contributed by atoms with E-state index in [9.17, 15) is 13.2 Å². The van der Waals surface area contributed by atoms with Gasteiger partial charge >= 0.3 is 6.09 Å². The lowest BCUT2D eigenvalue weighted by Gasteiger charge is -2.36. The van der Waals surface area contributed by atoms with Crippen LogP contribution in [-0.4, -0.2) is 49.0 Å². The van der Waals surface area contributed by atoms with Crippen LogP contribution in [0.2, 0.25) is 0 Å². The van der Waals surface area contributed by atoms with E-state index < -0.39 is 15.4 Å². The third-order valence-electron chi connectivity index (χ3n) is 5.50. The van der Waals surface area contributed by atoms with Crippen molar-refractivity contribution < 1.29 is 22.7 Å². The molecule has 1 saturated heterocycles. The lowest BCUT2D eigenvalue weighted by molar-refractivity contribution is -0.0344. The molecule has 1 aliphatic rings. The van der Waals surface area contributed by atoms with Gasteiger partial charge in [0.05, 0.1) is 11.4 Å². The van der Waals surface area contributed by atoms with E-state index in [1.165, 1.54) is 6.07 Å². The van der Waals surface area contributed by atoms with Crippen molar-refractivity contribution in [3.05, 3.63) is 47.2 Å². The first-order valence-corrected chi connectivity index (χ1v) is 13.4. The predicted molar refractivity (Wildman–Crippen MR) is 132 cm³/mol. The average Bonchev–Trinajstić information content (AvgIpc) is 2.73. The molecule has 1 aromatic heterocycles. The fourth-order valence-electron chi connectivity index (χ4n) is 3.78. The Hall–Kier alpha value is -2.81. The zero-order chi connectivity index (χ0) is 25.1. The van der Waals surface area contributed by atoms with E-state index in [0.717, 1.165) is 48.1 Å². The number of aryl methyl sites for hydroxylation is 2. The third kappa shape index (κ3) is 6.85. The Morgan fingerprint density at radius 1 is 1.18 bits per heavy atom. The van der Waals surface area contributed by atoms with E-state index in [0.29, 0.717) is 18.8 Å². The molecular weight excluding hydrogens is 454 g/mol. The Morgan fingerprint density at radius 2 is 1.91 bits per heavy atom. The van der Waals surface area contributed by atoms with Crippen molar-refractivity contribution in [2.45, 2.75) is 77.3 Å². The summed E-state index contributed by atoms with van der Waals surface area (Å²) in [6.45, 7) is 10.5. The van der Waals surface area contributed by atoms with Crippen LogP contribution in [0, 0.1) is 13.8 Å². The second-order valence-corrected chi connectivity index (χ2v) is 11.7. The van der Waals surface area contributed by atoms with Crippen LogP contribution >= 0.6 is 0 Å². The largest absolute Gasteiger partial charge is 0.470 e. The van der Waals surface area contributed by atoms with Gasteiger partial charge in [0.2, 0.25) is 0 Å². The van der Waals surface area contributed by atoms with E-state index in [-0.39, 0.29) is 17.3 Å². The maximum absolute atomic E-state index is 12.7. The van der Waals surface area contributed by atoms with Crippen molar-refractivity contribution in [3.8, 4) is 5.75 Å². The van der Waals surface area contributed by atoms with Gasteiger partial charge in [0.1, 0.15) is 11.4 Å². The van der Waals surface area contributed by atoms with E-state index in [1.54, 1.807) is 17.9 Å². The summed E-state index contributed by atoms with van der Waals surface area (Å²) in [7, 11) is -3.34. The van der Waals surface area contributed by atoms with E-state index in [4.69, 9.17) is 9.47 Å². The molecular formula is C25H35N3O5S. The van der Waals surface area contributed by atoms with Crippen molar-refractivity contribution in [2.24, 2.45) is 0 Å². The van der Waals surface area contributed by atoms with Crippen LogP contribution in [0.15, 0.2) is 35.4 Å². The number of aromatic nitrogens is 1. The number of nitrogens with one attached hydrogen (secondary N) is 1. The molecule has 186 valence electrons. The Labute approximate surface area is 202 Å². The van der Waals surface area contributed by atoms with Gasteiger partial charge in [0.25, 0.3) is 0 Å². The summed E-state index contributed by atoms with van der Waals surface area (Å²) in [6, 6.07) is 9.18. The van der Waals surface area contributed by atoms with Gasteiger partial charge in [-0.1, -0.05) is 12.1 Å². The second-order valence-electron chi connectivity index (χ2n) is 9.75. The summed E-state index contributed by atoms with van der Waals surface area (Å²) < 4.78 is 35.2. The topological polar surface area (TPSA) is 97.8 Å². The molecule has 1 amide bonds. The van der Waals surface area contributed by atoms with Gasteiger partial charge in [-0.3, -0.25) is 4.90 Å². The zero-order valence-corrected chi connectivity index (χ0v) is 21.7. The van der Waals surface area contributed by atoms with Crippen LogP contribution in [0.1, 0.15) is 56.9 Å². The van der Waals surface area contributed by atoms with Gasteiger partial charge in [-0.15, -0.1) is 0 Å². The number of sulfone groups is 1. The molecule has 1 atom stereocenters. The van der Waals surface area contributed by atoms with Crippen molar-refractivity contribution in [1.82, 2.24) is 9.88 Å². The minimum atomic E-state index is -3.34. The number of rotatable bonds is 6. The first kappa shape index (κ1) is 25.8. The Morgan fingerprint density at radius 3 is 2.53 bits per heavy atom. The highest BCUT2D eigenvalue weighted by atomic mass is 32.2. The summed E-state index contributed by atoms with van der Waals surface area (Å²) in [5.74, 6) is 0.736. The van der Waals surface area contributed by atoms with E-state index >= 15 is 0 Å². The van der Waals surface area contributed by atoms with Crippen molar-refractivity contribution in [1.29, 1.82) is 0 Å². The number of piperidine rings is 1. The van der Waals surface area contributed by atoms with Crippen molar-refractivity contribution in [2.75, 3.05) is 18.1 Å². The number of pyridine rings is 1. The summed E-state index contributed by atoms with van der Waals surface area (Å²) in [4.78, 5) is 18.5. The predicted octanol–water partition coefficient (Wildman–Crippen LogP) is 4.84. The third-order valence-corrected chi connectivity index (χ3v) is 6.49. The number of carbonyl (C=O) groups excluding carboxylic acids is 1. The smallest absolute Gasteiger partial charge is 0.413 e. The molecule has 3 rings (SSSR count). The van der Waals surface area contributed by atoms with Gasteiger partial charge in [-0.2, -0.15) is 0 Å². The summed E-state index contributed by atoms with van der Waals surface area (Å²) >= 11 is 0.